The van der Waals surface area contributed by atoms with Gasteiger partial charge >= 0.3 is 69.5 Å². The van der Waals surface area contributed by atoms with E-state index in [4.69, 9.17) is 17.8 Å². The van der Waals surface area contributed by atoms with Crippen molar-refractivity contribution in [2.75, 3.05) is 0 Å². The van der Waals surface area contributed by atoms with Crippen LogP contribution in [0.4, 0.5) is 0 Å². The first-order chi connectivity index (χ1) is 4.06. The predicted molar refractivity (Wildman–Crippen MR) is 47.7 cm³/mol. The van der Waals surface area contributed by atoms with Gasteiger partial charge in [0.1, 0.15) is 0 Å². The Balaban J connectivity index is 3.07. The van der Waals surface area contributed by atoms with Crippen molar-refractivity contribution in [1.29, 1.82) is 0 Å². The van der Waals surface area contributed by atoms with Gasteiger partial charge in [-0.15, -0.1) is 0 Å². The normalized spacial score (nSPS) is 12.0. The number of rotatable bonds is 4. The second-order valence-electron chi connectivity index (χ2n) is 2.53. The summed E-state index contributed by atoms with van der Waals surface area (Å²) in [6, 6.07) is 0. The van der Waals surface area contributed by atoms with Crippen molar-refractivity contribution < 1.29 is 0 Å². The van der Waals surface area contributed by atoms with Gasteiger partial charge in [-0.25, -0.2) is 0 Å². The van der Waals surface area contributed by atoms with Crippen molar-refractivity contribution in [1.82, 2.24) is 0 Å². The van der Waals surface area contributed by atoms with Crippen LogP contribution in [-0.4, -0.2) is 16.1 Å². The maximum atomic E-state index is 5.94. The first-order valence-electron chi connectivity index (χ1n) is 3.44. The molecule has 0 unspecified atom stereocenters. The van der Waals surface area contributed by atoms with E-state index in [1.807, 2.05) is 4.94 Å². The molecule has 0 aromatic rings. The molecule has 9 heavy (non-hydrogen) atoms. The van der Waals surface area contributed by atoms with E-state index >= 15 is 0 Å². The molecule has 0 saturated heterocycles. The summed E-state index contributed by atoms with van der Waals surface area (Å²) >= 11 is -2.39. The van der Waals surface area contributed by atoms with Gasteiger partial charge in [0, 0.05) is 0 Å². The monoisotopic (exact) mass is 276 g/mol. The number of halogens is 2. The summed E-state index contributed by atoms with van der Waals surface area (Å²) in [4.78, 5) is 2.05. The van der Waals surface area contributed by atoms with Crippen LogP contribution in [-0.2, 0) is 0 Å². The van der Waals surface area contributed by atoms with Crippen molar-refractivity contribution >= 4 is 34.0 Å². The molecular weight excluding hydrogens is 262 g/mol. The van der Waals surface area contributed by atoms with E-state index < -0.39 is 16.1 Å². The average molecular weight is 276 g/mol. The Kier molecular flexibility index (Phi) is 5.86. The van der Waals surface area contributed by atoms with Crippen LogP contribution in [0.1, 0.15) is 26.2 Å². The van der Waals surface area contributed by atoms with Crippen LogP contribution >= 0.6 is 17.8 Å². The zero-order chi connectivity index (χ0) is 7.33. The summed E-state index contributed by atoms with van der Waals surface area (Å²) in [6.07, 6.45) is 3.78. The van der Waals surface area contributed by atoms with Crippen LogP contribution in [0.15, 0.2) is 0 Å². The number of hydrogen-bond acceptors (Lipinski definition) is 0. The third-order valence-electron chi connectivity index (χ3n) is 1.22. The second-order valence-corrected chi connectivity index (χ2v) is 22.6. The molecule has 56 valence electrons. The molecule has 0 atom stereocenters. The zero-order valence-electron chi connectivity index (χ0n) is 6.08. The molecule has 0 aromatic carbocycles. The van der Waals surface area contributed by atoms with Crippen molar-refractivity contribution in [2.45, 2.75) is 35.6 Å². The van der Waals surface area contributed by atoms with Crippen molar-refractivity contribution in [2.24, 2.45) is 0 Å². The van der Waals surface area contributed by atoms with Gasteiger partial charge in [0.25, 0.3) is 0 Å². The van der Waals surface area contributed by atoms with E-state index in [2.05, 4.69) is 6.92 Å². The van der Waals surface area contributed by atoms with Gasteiger partial charge in [-0.1, -0.05) is 0 Å². The van der Waals surface area contributed by atoms with Crippen LogP contribution in [0, 0.1) is 0 Å². The molecule has 0 nitrogen and oxygen atoms in total. The number of unbranched alkanes of at least 4 members (excludes halogenated alkanes) is 2. The van der Waals surface area contributed by atoms with E-state index in [1.165, 1.54) is 19.3 Å². The molecular formula is C6H14Cl2Sn. The first kappa shape index (κ1) is 10.4. The van der Waals surface area contributed by atoms with Crippen molar-refractivity contribution in [3.05, 3.63) is 0 Å². The predicted octanol–water partition coefficient (Wildman–Crippen LogP) is 3.73. The molecule has 0 fully saturated rings. The quantitative estimate of drug-likeness (QED) is 0.542. The number of hydrogen-bond donors (Lipinski definition) is 0. The summed E-state index contributed by atoms with van der Waals surface area (Å²) in [5.41, 5.74) is 0. The fourth-order valence-corrected chi connectivity index (χ4v) is 4.96. The SMILES string of the molecule is CCCC[CH2][Sn]([CH3])([Cl])[Cl]. The second kappa shape index (κ2) is 5.09. The Morgan fingerprint density at radius 1 is 1.22 bits per heavy atom. The molecule has 0 aliphatic rings. The molecule has 0 radical (unpaired) electrons. The van der Waals surface area contributed by atoms with Crippen molar-refractivity contribution in [3.63, 3.8) is 0 Å². The summed E-state index contributed by atoms with van der Waals surface area (Å²) in [5, 5.41) is 0. The van der Waals surface area contributed by atoms with Crippen LogP contribution in [0.2, 0.25) is 9.38 Å². The van der Waals surface area contributed by atoms with Gasteiger partial charge in [-0.05, 0) is 0 Å². The third kappa shape index (κ3) is 9.38. The Bertz CT molecular complexity index is 67.9. The van der Waals surface area contributed by atoms with E-state index in [0.717, 1.165) is 4.44 Å². The van der Waals surface area contributed by atoms with Gasteiger partial charge in [0.15, 0.2) is 0 Å². The minimum absolute atomic E-state index is 1.12. The molecule has 0 N–H and O–H groups in total. The Morgan fingerprint density at radius 2 is 1.78 bits per heavy atom. The minimum atomic E-state index is -2.39. The topological polar surface area (TPSA) is 0 Å². The van der Waals surface area contributed by atoms with Gasteiger partial charge < -0.3 is 0 Å². The first-order valence-corrected chi connectivity index (χ1v) is 15.5. The molecule has 0 amide bonds. The van der Waals surface area contributed by atoms with Gasteiger partial charge in [0.05, 0.1) is 0 Å². The molecule has 0 aliphatic heterocycles. The van der Waals surface area contributed by atoms with Gasteiger partial charge in [-0.3, -0.25) is 0 Å². The molecule has 0 rings (SSSR count). The summed E-state index contributed by atoms with van der Waals surface area (Å²) < 4.78 is 1.12. The van der Waals surface area contributed by atoms with Crippen molar-refractivity contribution in [3.8, 4) is 0 Å². The Morgan fingerprint density at radius 3 is 2.11 bits per heavy atom. The fourth-order valence-electron chi connectivity index (χ4n) is 0.685. The van der Waals surface area contributed by atoms with E-state index in [9.17, 15) is 0 Å². The Labute approximate surface area is 69.2 Å². The molecule has 0 aromatic heterocycles. The standard InChI is InChI=1S/C5H11.CH3.2ClH.Sn/c1-3-5-4-2;;;;/h1,3-5H2,2H3;1H3;2*1H;/q;;;;+2/p-2. The third-order valence-corrected chi connectivity index (χ3v) is 7.27. The van der Waals surface area contributed by atoms with Crippen LogP contribution in [0.5, 0.6) is 0 Å². The van der Waals surface area contributed by atoms with E-state index in [1.54, 1.807) is 0 Å². The van der Waals surface area contributed by atoms with Crippen LogP contribution < -0.4 is 0 Å². The molecule has 0 bridgehead atoms. The molecule has 0 spiro atoms. The fraction of sp³-hybridized carbons (Fsp3) is 1.00. The van der Waals surface area contributed by atoms with Gasteiger partial charge in [0.2, 0.25) is 0 Å². The summed E-state index contributed by atoms with van der Waals surface area (Å²) in [7, 11) is 11.9. The Hall–Kier alpha value is 1.38. The maximum absolute atomic E-state index is 5.94. The average Bonchev–Trinajstić information content (AvgIpc) is 1.63. The summed E-state index contributed by atoms with van der Waals surface area (Å²) in [6.45, 7) is 2.19. The molecule has 0 saturated carbocycles. The molecule has 0 aliphatic carbocycles. The molecule has 3 heteroatoms. The zero-order valence-corrected chi connectivity index (χ0v) is 10.5. The summed E-state index contributed by atoms with van der Waals surface area (Å²) in [5.74, 6) is 0. The van der Waals surface area contributed by atoms with Gasteiger partial charge in [-0.2, -0.15) is 0 Å². The molecule has 0 heterocycles. The van der Waals surface area contributed by atoms with E-state index in [-0.39, 0.29) is 0 Å². The van der Waals surface area contributed by atoms with Crippen LogP contribution in [0.25, 0.3) is 0 Å². The van der Waals surface area contributed by atoms with E-state index in [0.29, 0.717) is 0 Å². The van der Waals surface area contributed by atoms with Crippen LogP contribution in [0.3, 0.4) is 0 Å².